The molecule has 0 bridgehead atoms. The van der Waals surface area contributed by atoms with Crippen LogP contribution in [-0.4, -0.2) is 45.3 Å². The third kappa shape index (κ3) is 5.53. The number of carbonyl (C=O) groups excluding carboxylic acids is 2. The van der Waals surface area contributed by atoms with Crippen molar-refractivity contribution >= 4 is 34.9 Å². The molecule has 0 atom stereocenters. The van der Waals surface area contributed by atoms with E-state index in [9.17, 15) is 9.59 Å². The molecule has 1 aliphatic heterocycles. The minimum atomic E-state index is -0.548. The van der Waals surface area contributed by atoms with Crippen LogP contribution >= 0.6 is 11.6 Å². The molecule has 0 aromatic heterocycles. The van der Waals surface area contributed by atoms with Gasteiger partial charge in [0.05, 0.1) is 43.0 Å². The zero-order chi connectivity index (χ0) is 23.2. The monoisotopic (exact) mass is 464 g/mol. The second-order valence-electron chi connectivity index (χ2n) is 7.73. The molecule has 0 radical (unpaired) electrons. The van der Waals surface area contributed by atoms with Crippen LogP contribution in [0.15, 0.2) is 66.7 Å². The molecular weight excluding hydrogens is 440 g/mol. The Morgan fingerprint density at radius 2 is 1.73 bits per heavy atom. The van der Waals surface area contributed by atoms with Gasteiger partial charge in [0, 0.05) is 24.3 Å². The van der Waals surface area contributed by atoms with E-state index in [-0.39, 0.29) is 17.9 Å². The Balaban J connectivity index is 1.59. The highest BCUT2D eigenvalue weighted by atomic mass is 35.5. The van der Waals surface area contributed by atoms with Gasteiger partial charge >= 0.3 is 5.97 Å². The van der Waals surface area contributed by atoms with Crippen LogP contribution < -0.4 is 10.2 Å². The molecule has 3 aromatic carbocycles. The molecule has 170 valence electrons. The van der Waals surface area contributed by atoms with E-state index in [4.69, 9.17) is 21.1 Å². The number of nitrogens with zero attached hydrogens (tertiary/aromatic N) is 1. The van der Waals surface area contributed by atoms with Crippen molar-refractivity contribution in [2.45, 2.75) is 6.42 Å². The van der Waals surface area contributed by atoms with E-state index >= 15 is 0 Å². The van der Waals surface area contributed by atoms with E-state index in [1.165, 1.54) is 7.11 Å². The molecule has 1 amide bonds. The number of hydrogen-bond acceptors (Lipinski definition) is 5. The van der Waals surface area contributed by atoms with Gasteiger partial charge in [-0.1, -0.05) is 54.1 Å². The van der Waals surface area contributed by atoms with Gasteiger partial charge in [-0.2, -0.15) is 0 Å². The van der Waals surface area contributed by atoms with Gasteiger partial charge in [0.2, 0.25) is 5.91 Å². The molecule has 1 saturated heterocycles. The predicted molar refractivity (Wildman–Crippen MR) is 130 cm³/mol. The Labute approximate surface area is 198 Å². The van der Waals surface area contributed by atoms with Crippen LogP contribution in [0, 0.1) is 0 Å². The van der Waals surface area contributed by atoms with E-state index in [1.807, 2.05) is 54.6 Å². The molecule has 6 nitrogen and oxygen atoms in total. The molecule has 1 heterocycles. The third-order valence-corrected chi connectivity index (χ3v) is 5.86. The summed E-state index contributed by atoms with van der Waals surface area (Å²) in [6.45, 7) is 3.13. The fourth-order valence-electron chi connectivity index (χ4n) is 3.83. The van der Waals surface area contributed by atoms with Crippen molar-refractivity contribution in [3.8, 4) is 11.1 Å². The Bertz CT molecular complexity index is 1130. The minimum absolute atomic E-state index is 0.184. The zero-order valence-electron chi connectivity index (χ0n) is 18.3. The molecule has 3 aromatic rings. The summed E-state index contributed by atoms with van der Waals surface area (Å²) in [4.78, 5) is 27.3. The first kappa shape index (κ1) is 22.8. The SMILES string of the molecule is COC(=O)c1cc(-c2ccc(N3CCOCC3)cc2)c(Cl)cc1NC(=O)Cc1ccccc1. The van der Waals surface area contributed by atoms with Gasteiger partial charge in [0.25, 0.3) is 0 Å². The van der Waals surface area contributed by atoms with Crippen molar-refractivity contribution in [3.05, 3.63) is 82.9 Å². The summed E-state index contributed by atoms with van der Waals surface area (Å²) in [5.74, 6) is -0.794. The quantitative estimate of drug-likeness (QED) is 0.530. The van der Waals surface area contributed by atoms with Crippen LogP contribution in [0.1, 0.15) is 15.9 Å². The summed E-state index contributed by atoms with van der Waals surface area (Å²) in [6, 6.07) is 20.7. The number of carbonyl (C=O) groups is 2. The molecule has 1 N–H and O–H groups in total. The molecule has 0 saturated carbocycles. The van der Waals surface area contributed by atoms with Gasteiger partial charge in [-0.25, -0.2) is 4.79 Å². The molecule has 1 fully saturated rings. The molecule has 1 aliphatic rings. The van der Waals surface area contributed by atoms with Crippen molar-refractivity contribution in [2.75, 3.05) is 43.6 Å². The predicted octanol–water partition coefficient (Wildman–Crippen LogP) is 4.81. The van der Waals surface area contributed by atoms with Gasteiger partial charge in [-0.3, -0.25) is 4.79 Å². The Morgan fingerprint density at radius 1 is 1.03 bits per heavy atom. The van der Waals surface area contributed by atoms with Gasteiger partial charge in [0.1, 0.15) is 0 Å². The van der Waals surface area contributed by atoms with Crippen LogP contribution in [0.3, 0.4) is 0 Å². The molecule has 0 spiro atoms. The zero-order valence-corrected chi connectivity index (χ0v) is 19.1. The lowest BCUT2D eigenvalue weighted by atomic mass is 10.0. The standard InChI is InChI=1S/C26H25ClN2O4/c1-32-26(31)22-16-21(19-7-9-20(10-8-19)29-11-13-33-14-12-29)23(27)17-24(22)28-25(30)15-18-5-3-2-4-6-18/h2-10,16-17H,11-15H2,1H3,(H,28,30). The largest absolute Gasteiger partial charge is 0.465 e. The van der Waals surface area contributed by atoms with Crippen LogP contribution in [-0.2, 0) is 20.7 Å². The minimum Gasteiger partial charge on any atom is -0.465 e. The highest BCUT2D eigenvalue weighted by molar-refractivity contribution is 6.34. The second-order valence-corrected chi connectivity index (χ2v) is 8.13. The normalized spacial score (nSPS) is 13.5. The summed E-state index contributed by atoms with van der Waals surface area (Å²) >= 11 is 6.59. The number of esters is 1. The molecular formula is C26H25ClN2O4. The number of nitrogens with one attached hydrogen (secondary N) is 1. The number of amides is 1. The second kappa shape index (κ2) is 10.5. The summed E-state index contributed by atoms with van der Waals surface area (Å²) in [5.41, 5.74) is 4.10. The maximum Gasteiger partial charge on any atom is 0.339 e. The highest BCUT2D eigenvalue weighted by Crippen LogP contribution is 2.34. The van der Waals surface area contributed by atoms with Gasteiger partial charge < -0.3 is 19.7 Å². The van der Waals surface area contributed by atoms with Crippen molar-refractivity contribution in [3.63, 3.8) is 0 Å². The van der Waals surface area contributed by atoms with Gasteiger partial charge in [-0.05, 0) is 35.4 Å². The molecule has 0 aliphatic carbocycles. The first-order chi connectivity index (χ1) is 16.0. The van der Waals surface area contributed by atoms with Crippen LogP contribution in [0.25, 0.3) is 11.1 Å². The van der Waals surface area contributed by atoms with E-state index in [2.05, 4.69) is 10.2 Å². The van der Waals surface area contributed by atoms with E-state index in [1.54, 1.807) is 12.1 Å². The summed E-state index contributed by atoms with van der Waals surface area (Å²) in [7, 11) is 1.31. The summed E-state index contributed by atoms with van der Waals surface area (Å²) in [5, 5.41) is 3.23. The number of morpholine rings is 1. The van der Waals surface area contributed by atoms with Crippen molar-refractivity contribution in [2.24, 2.45) is 0 Å². The smallest absolute Gasteiger partial charge is 0.339 e. The topological polar surface area (TPSA) is 67.9 Å². The van der Waals surface area contributed by atoms with Crippen molar-refractivity contribution in [1.29, 1.82) is 0 Å². The number of halogens is 1. The van der Waals surface area contributed by atoms with Crippen LogP contribution in [0.5, 0.6) is 0 Å². The van der Waals surface area contributed by atoms with Crippen LogP contribution in [0.4, 0.5) is 11.4 Å². The lowest BCUT2D eigenvalue weighted by Crippen LogP contribution is -2.36. The van der Waals surface area contributed by atoms with E-state index < -0.39 is 5.97 Å². The van der Waals surface area contributed by atoms with Crippen molar-refractivity contribution < 1.29 is 19.1 Å². The Kier molecular flexibility index (Phi) is 7.27. The van der Waals surface area contributed by atoms with E-state index in [0.29, 0.717) is 29.5 Å². The molecule has 0 unspecified atom stereocenters. The maximum atomic E-state index is 12.6. The Hall–Kier alpha value is -3.35. The first-order valence-electron chi connectivity index (χ1n) is 10.7. The Morgan fingerprint density at radius 3 is 2.39 bits per heavy atom. The number of methoxy groups -OCH3 is 1. The molecule has 7 heteroatoms. The average Bonchev–Trinajstić information content (AvgIpc) is 2.85. The average molecular weight is 465 g/mol. The highest BCUT2D eigenvalue weighted by Gasteiger charge is 2.19. The summed E-state index contributed by atoms with van der Waals surface area (Å²) < 4.78 is 10.4. The fraction of sp³-hybridized carbons (Fsp3) is 0.231. The van der Waals surface area contributed by atoms with Gasteiger partial charge in [0.15, 0.2) is 0 Å². The van der Waals surface area contributed by atoms with Gasteiger partial charge in [-0.15, -0.1) is 0 Å². The lowest BCUT2D eigenvalue weighted by Gasteiger charge is -2.29. The maximum absolute atomic E-state index is 12.6. The molecule has 4 rings (SSSR count). The van der Waals surface area contributed by atoms with Crippen molar-refractivity contribution in [1.82, 2.24) is 0 Å². The number of anilines is 2. The number of ether oxygens (including phenoxy) is 2. The lowest BCUT2D eigenvalue weighted by molar-refractivity contribution is -0.115. The number of benzene rings is 3. The molecule has 33 heavy (non-hydrogen) atoms. The summed E-state index contributed by atoms with van der Waals surface area (Å²) in [6.07, 6.45) is 0.184. The number of hydrogen-bond donors (Lipinski definition) is 1. The van der Waals surface area contributed by atoms with E-state index in [0.717, 1.165) is 29.9 Å². The fourth-order valence-corrected chi connectivity index (χ4v) is 4.10. The number of rotatable bonds is 6. The first-order valence-corrected chi connectivity index (χ1v) is 11.1. The third-order valence-electron chi connectivity index (χ3n) is 5.55. The van der Waals surface area contributed by atoms with Crippen LogP contribution in [0.2, 0.25) is 5.02 Å².